The number of halogens is 2. The van der Waals surface area contributed by atoms with Crippen molar-refractivity contribution in [1.29, 1.82) is 0 Å². The number of rotatable bonds is 6. The van der Waals surface area contributed by atoms with Crippen LogP contribution in [0.1, 0.15) is 48.5 Å². The Kier molecular flexibility index (Phi) is 7.09. The fraction of sp³-hybridized carbons (Fsp3) is 0.296. The van der Waals surface area contributed by atoms with Crippen molar-refractivity contribution in [3.63, 3.8) is 0 Å². The molecule has 39 heavy (non-hydrogen) atoms. The average molecular weight is 569 g/mol. The largest absolute Gasteiger partial charge is 0.480 e. The molecule has 10 nitrogen and oxygen atoms in total. The lowest BCUT2D eigenvalue weighted by atomic mass is 10.0. The van der Waals surface area contributed by atoms with Gasteiger partial charge in [-0.25, -0.2) is 9.97 Å². The van der Waals surface area contributed by atoms with E-state index in [-0.39, 0.29) is 34.9 Å². The van der Waals surface area contributed by atoms with Crippen LogP contribution < -0.4 is 19.9 Å². The van der Waals surface area contributed by atoms with Crippen LogP contribution in [-0.2, 0) is 7.05 Å². The summed E-state index contributed by atoms with van der Waals surface area (Å²) in [5.41, 5.74) is 2.08. The van der Waals surface area contributed by atoms with Crippen molar-refractivity contribution in [2.24, 2.45) is 7.05 Å². The molecule has 5 rings (SSSR count). The molecule has 0 saturated carbocycles. The Morgan fingerprint density at radius 2 is 1.90 bits per heavy atom. The summed E-state index contributed by atoms with van der Waals surface area (Å²) >= 11 is 12.5. The monoisotopic (exact) mass is 568 g/mol. The number of hydrogen-bond acceptors (Lipinski definition) is 7. The number of anilines is 1. The van der Waals surface area contributed by atoms with Crippen molar-refractivity contribution in [3.05, 3.63) is 80.1 Å². The third kappa shape index (κ3) is 4.63. The van der Waals surface area contributed by atoms with Crippen LogP contribution in [0.25, 0.3) is 11.4 Å². The van der Waals surface area contributed by atoms with Crippen LogP contribution in [0.2, 0.25) is 5.02 Å². The highest BCUT2D eigenvalue weighted by atomic mass is 35.5. The molecule has 3 aromatic rings. The fourth-order valence-electron chi connectivity index (χ4n) is 4.82. The van der Waals surface area contributed by atoms with E-state index >= 15 is 0 Å². The first-order valence-electron chi connectivity index (χ1n) is 12.2. The number of methoxy groups -OCH3 is 2. The van der Waals surface area contributed by atoms with Gasteiger partial charge in [-0.05, 0) is 38.0 Å². The lowest BCUT2D eigenvalue weighted by molar-refractivity contribution is 0.0989. The van der Waals surface area contributed by atoms with E-state index in [1.807, 2.05) is 36.6 Å². The van der Waals surface area contributed by atoms with Gasteiger partial charge in [0.25, 0.3) is 11.5 Å². The maximum absolute atomic E-state index is 14.0. The van der Waals surface area contributed by atoms with E-state index in [1.54, 1.807) is 19.3 Å². The van der Waals surface area contributed by atoms with Gasteiger partial charge >= 0.3 is 6.01 Å². The third-order valence-electron chi connectivity index (χ3n) is 6.54. The Morgan fingerprint density at radius 1 is 1.13 bits per heavy atom. The number of aromatic nitrogens is 5. The first kappa shape index (κ1) is 26.7. The van der Waals surface area contributed by atoms with Gasteiger partial charge in [-0.3, -0.25) is 14.5 Å². The second kappa shape index (κ2) is 10.3. The number of allylic oxidation sites excluding steroid dienone is 5. The first-order chi connectivity index (χ1) is 18.6. The fourth-order valence-corrected chi connectivity index (χ4v) is 5.21. The van der Waals surface area contributed by atoms with Crippen LogP contribution in [0, 0.1) is 0 Å². The van der Waals surface area contributed by atoms with Crippen molar-refractivity contribution in [2.45, 2.75) is 32.4 Å². The second-order valence-corrected chi connectivity index (χ2v) is 10.2. The van der Waals surface area contributed by atoms with Crippen LogP contribution >= 0.6 is 23.2 Å². The minimum atomic E-state index is -0.655. The van der Waals surface area contributed by atoms with E-state index in [9.17, 15) is 9.59 Å². The molecule has 12 heteroatoms. The number of nitrogens with zero attached hydrogens (tertiary/aromatic N) is 6. The van der Waals surface area contributed by atoms with Crippen LogP contribution in [0.15, 0.2) is 58.2 Å². The summed E-state index contributed by atoms with van der Waals surface area (Å²) in [4.78, 5) is 42.1. The van der Waals surface area contributed by atoms with Crippen molar-refractivity contribution >= 4 is 34.8 Å². The number of amides is 1. The number of aryl methyl sites for hydroxylation is 1. The number of carbonyl (C=O) groups excluding carboxylic acids is 1. The molecule has 202 valence electrons. The quantitative estimate of drug-likeness (QED) is 0.412. The average Bonchev–Trinajstić information content (AvgIpc) is 3.42. The molecular formula is C27H26Cl2N6O4. The maximum Gasteiger partial charge on any atom is 0.319 e. The van der Waals surface area contributed by atoms with Gasteiger partial charge in [-0.2, -0.15) is 4.98 Å². The molecule has 1 aliphatic heterocycles. The normalized spacial score (nSPS) is 17.7. The number of ether oxygens (including phenoxy) is 2. The smallest absolute Gasteiger partial charge is 0.319 e. The summed E-state index contributed by atoms with van der Waals surface area (Å²) in [7, 11) is 4.55. The zero-order valence-electron chi connectivity index (χ0n) is 22.0. The Morgan fingerprint density at radius 3 is 2.54 bits per heavy atom. The lowest BCUT2D eigenvalue weighted by Gasteiger charge is -2.26. The van der Waals surface area contributed by atoms with Gasteiger partial charge in [0.15, 0.2) is 5.69 Å². The minimum absolute atomic E-state index is 0.129. The van der Waals surface area contributed by atoms with E-state index < -0.39 is 11.9 Å². The molecule has 2 aliphatic rings. The third-order valence-corrected chi connectivity index (χ3v) is 7.03. The summed E-state index contributed by atoms with van der Waals surface area (Å²) in [5.74, 6) is 0.297. The SMILES string of the molecule is COc1ncc(-c2nc3c(n2C(C)C)C(C=C2C=CC(Cl)=CC2)N(c2cc(Cl)cn(C)c2=O)C3=O)c(OC)n1. The Labute approximate surface area is 234 Å². The van der Waals surface area contributed by atoms with Crippen molar-refractivity contribution in [1.82, 2.24) is 24.1 Å². The van der Waals surface area contributed by atoms with E-state index in [4.69, 9.17) is 37.7 Å². The molecule has 0 saturated heterocycles. The van der Waals surface area contributed by atoms with Crippen molar-refractivity contribution < 1.29 is 14.3 Å². The Balaban J connectivity index is 1.76. The summed E-state index contributed by atoms with van der Waals surface area (Å²) in [6, 6.07) is 0.865. The van der Waals surface area contributed by atoms with Gasteiger partial charge in [-0.15, -0.1) is 0 Å². The number of hydrogen-bond donors (Lipinski definition) is 0. The van der Waals surface area contributed by atoms with E-state index in [0.717, 1.165) is 5.57 Å². The standard InChI is InChI=1S/C27H26Cl2N6O4/c1-14(2)34-22-19(10-15-6-8-16(28)9-7-15)35(20-11-17(29)13-33(3)25(20)36)26(37)21(22)31-23(34)18-12-30-27(39-5)32-24(18)38-4/h6,8-14,19H,7H2,1-5H3. The van der Waals surface area contributed by atoms with Crippen LogP contribution in [0.5, 0.6) is 11.9 Å². The highest BCUT2D eigenvalue weighted by Gasteiger charge is 2.44. The van der Waals surface area contributed by atoms with E-state index in [0.29, 0.717) is 33.6 Å². The van der Waals surface area contributed by atoms with Gasteiger partial charge in [0.05, 0.1) is 36.5 Å². The van der Waals surface area contributed by atoms with E-state index in [2.05, 4.69) is 9.97 Å². The van der Waals surface area contributed by atoms with Crippen molar-refractivity contribution in [3.8, 4) is 23.3 Å². The zero-order chi connectivity index (χ0) is 28.0. The second-order valence-electron chi connectivity index (χ2n) is 9.36. The van der Waals surface area contributed by atoms with Crippen molar-refractivity contribution in [2.75, 3.05) is 19.1 Å². The molecule has 3 aromatic heterocycles. The number of imidazole rings is 1. The molecule has 0 spiro atoms. The molecular weight excluding hydrogens is 543 g/mol. The van der Waals surface area contributed by atoms with Crippen LogP contribution in [0.4, 0.5) is 5.69 Å². The highest BCUT2D eigenvalue weighted by Crippen LogP contribution is 2.43. The molecule has 1 amide bonds. The lowest BCUT2D eigenvalue weighted by Crippen LogP contribution is -2.35. The highest BCUT2D eigenvalue weighted by molar-refractivity contribution is 6.31. The van der Waals surface area contributed by atoms with Gasteiger partial charge in [0.2, 0.25) is 5.88 Å². The number of pyridine rings is 1. The maximum atomic E-state index is 14.0. The predicted octanol–water partition coefficient (Wildman–Crippen LogP) is 5.00. The Hall–Kier alpha value is -3.89. The minimum Gasteiger partial charge on any atom is -0.480 e. The summed E-state index contributed by atoms with van der Waals surface area (Å²) < 4.78 is 14.0. The van der Waals surface area contributed by atoms with E-state index in [1.165, 1.54) is 35.9 Å². The molecule has 0 bridgehead atoms. The van der Waals surface area contributed by atoms with Gasteiger partial charge in [0.1, 0.15) is 11.5 Å². The molecule has 1 atom stereocenters. The van der Waals surface area contributed by atoms with Gasteiger partial charge in [0, 0.05) is 30.5 Å². The molecule has 4 heterocycles. The predicted molar refractivity (Wildman–Crippen MR) is 149 cm³/mol. The van der Waals surface area contributed by atoms with Crippen LogP contribution in [-0.4, -0.2) is 44.2 Å². The number of fused-ring (bicyclic) bond motifs is 1. The zero-order valence-corrected chi connectivity index (χ0v) is 23.5. The summed E-state index contributed by atoms with van der Waals surface area (Å²) in [6.07, 6.45) is 11.2. The first-order valence-corrected chi connectivity index (χ1v) is 12.9. The molecule has 0 fully saturated rings. The number of carbonyl (C=O) groups is 1. The van der Waals surface area contributed by atoms with Gasteiger partial charge in [-0.1, -0.05) is 41.4 Å². The molecule has 1 aliphatic carbocycles. The van der Waals surface area contributed by atoms with Gasteiger partial charge < -0.3 is 18.6 Å². The molecule has 0 radical (unpaired) electrons. The summed E-state index contributed by atoms with van der Waals surface area (Å²) in [6.45, 7) is 3.97. The van der Waals surface area contributed by atoms with Crippen LogP contribution in [0.3, 0.4) is 0 Å². The molecule has 0 N–H and O–H groups in total. The Bertz CT molecular complexity index is 1640. The topological polar surface area (TPSA) is 104 Å². The molecule has 1 unspecified atom stereocenters. The summed E-state index contributed by atoms with van der Waals surface area (Å²) in [5, 5.41) is 0.965. The molecule has 0 aromatic carbocycles.